The second kappa shape index (κ2) is 6.46. The number of carbonyl (C=O) groups excluding carboxylic acids is 1. The molecule has 0 aromatic carbocycles. The van der Waals surface area contributed by atoms with Gasteiger partial charge in [-0.05, 0) is 31.7 Å². The zero-order chi connectivity index (χ0) is 17.4. The van der Waals surface area contributed by atoms with Crippen molar-refractivity contribution in [1.29, 1.82) is 0 Å². The summed E-state index contributed by atoms with van der Waals surface area (Å²) in [6, 6.07) is 3.08. The van der Waals surface area contributed by atoms with Crippen molar-refractivity contribution in [1.82, 2.24) is 24.2 Å². The van der Waals surface area contributed by atoms with Gasteiger partial charge in [0.1, 0.15) is 5.82 Å². The Balaban J connectivity index is 1.64. The number of nitrogens with zero attached hydrogens (tertiary/aromatic N) is 5. The highest BCUT2D eigenvalue weighted by Crippen LogP contribution is 2.33. The Morgan fingerprint density at radius 3 is 2.88 bits per heavy atom. The van der Waals surface area contributed by atoms with Crippen LogP contribution in [0.2, 0.25) is 0 Å². The molecule has 0 spiro atoms. The lowest BCUT2D eigenvalue weighted by atomic mass is 10.1. The standard InChI is InChI=1S/C18H23N5O2/c1-21-11-8-13(12-16(21)24)18(25)22-10-5-6-14(22)17-20-19-15-7-3-2-4-9-23(15)17/h8,11-12,14H,2-7,9-10H2,1H3/t14-/m1/s1. The number of aromatic nitrogens is 4. The first-order valence-corrected chi connectivity index (χ1v) is 9.05. The van der Waals surface area contributed by atoms with E-state index in [0.717, 1.165) is 50.3 Å². The number of pyridine rings is 1. The van der Waals surface area contributed by atoms with E-state index in [9.17, 15) is 9.59 Å². The van der Waals surface area contributed by atoms with E-state index in [1.54, 1.807) is 19.3 Å². The molecular weight excluding hydrogens is 318 g/mol. The molecule has 0 N–H and O–H groups in total. The molecule has 2 aromatic rings. The van der Waals surface area contributed by atoms with Gasteiger partial charge < -0.3 is 14.0 Å². The van der Waals surface area contributed by atoms with E-state index >= 15 is 0 Å². The van der Waals surface area contributed by atoms with Crippen molar-refractivity contribution < 1.29 is 4.79 Å². The lowest BCUT2D eigenvalue weighted by molar-refractivity contribution is 0.0726. The molecule has 1 fully saturated rings. The van der Waals surface area contributed by atoms with Crippen LogP contribution in [0.1, 0.15) is 60.2 Å². The van der Waals surface area contributed by atoms with Crippen molar-refractivity contribution >= 4 is 5.91 Å². The van der Waals surface area contributed by atoms with Crippen LogP contribution in [-0.4, -0.2) is 36.7 Å². The molecule has 25 heavy (non-hydrogen) atoms. The molecule has 4 heterocycles. The van der Waals surface area contributed by atoms with Crippen LogP contribution in [0.5, 0.6) is 0 Å². The Kier molecular flexibility index (Phi) is 4.15. The van der Waals surface area contributed by atoms with Crippen LogP contribution < -0.4 is 5.56 Å². The molecule has 2 aliphatic heterocycles. The third-order valence-electron chi connectivity index (χ3n) is 5.30. The fourth-order valence-electron chi connectivity index (χ4n) is 3.88. The van der Waals surface area contributed by atoms with Crippen LogP contribution in [0.3, 0.4) is 0 Å². The van der Waals surface area contributed by atoms with Crippen molar-refractivity contribution in [3.8, 4) is 0 Å². The normalized spacial score (nSPS) is 20.4. The van der Waals surface area contributed by atoms with E-state index < -0.39 is 0 Å². The van der Waals surface area contributed by atoms with E-state index in [4.69, 9.17) is 0 Å². The first kappa shape index (κ1) is 16.1. The minimum atomic E-state index is -0.169. The Morgan fingerprint density at radius 1 is 1.16 bits per heavy atom. The number of aryl methyl sites for hydroxylation is 2. The zero-order valence-electron chi connectivity index (χ0n) is 14.5. The topological polar surface area (TPSA) is 73.0 Å². The van der Waals surface area contributed by atoms with E-state index in [-0.39, 0.29) is 17.5 Å². The first-order chi connectivity index (χ1) is 12.1. The summed E-state index contributed by atoms with van der Waals surface area (Å²) in [6.45, 7) is 1.63. The molecule has 0 aliphatic carbocycles. The van der Waals surface area contributed by atoms with Crippen LogP contribution in [-0.2, 0) is 20.0 Å². The molecule has 7 nitrogen and oxygen atoms in total. The monoisotopic (exact) mass is 341 g/mol. The molecular formula is C18H23N5O2. The van der Waals surface area contributed by atoms with Crippen molar-refractivity contribution in [3.63, 3.8) is 0 Å². The maximum absolute atomic E-state index is 13.0. The highest BCUT2D eigenvalue weighted by atomic mass is 16.2. The van der Waals surface area contributed by atoms with Crippen molar-refractivity contribution in [3.05, 3.63) is 45.9 Å². The maximum atomic E-state index is 13.0. The van der Waals surface area contributed by atoms with E-state index in [1.165, 1.54) is 17.1 Å². The van der Waals surface area contributed by atoms with Gasteiger partial charge in [0.05, 0.1) is 6.04 Å². The van der Waals surface area contributed by atoms with Crippen LogP contribution in [0.25, 0.3) is 0 Å². The summed E-state index contributed by atoms with van der Waals surface area (Å²) >= 11 is 0. The molecule has 7 heteroatoms. The number of amides is 1. The molecule has 0 radical (unpaired) electrons. The number of rotatable bonds is 2. The van der Waals surface area contributed by atoms with Gasteiger partial charge in [-0.2, -0.15) is 0 Å². The molecule has 2 aromatic heterocycles. The van der Waals surface area contributed by atoms with Crippen LogP contribution in [0, 0.1) is 0 Å². The predicted octanol–water partition coefficient (Wildman–Crippen LogP) is 1.68. The minimum Gasteiger partial charge on any atom is -0.328 e. The van der Waals surface area contributed by atoms with Crippen LogP contribution in [0.15, 0.2) is 23.1 Å². The van der Waals surface area contributed by atoms with Crippen molar-refractivity contribution in [2.75, 3.05) is 6.54 Å². The van der Waals surface area contributed by atoms with Gasteiger partial charge >= 0.3 is 0 Å². The van der Waals surface area contributed by atoms with Gasteiger partial charge in [-0.3, -0.25) is 9.59 Å². The highest BCUT2D eigenvalue weighted by molar-refractivity contribution is 5.94. The molecule has 0 saturated carbocycles. The second-order valence-electron chi connectivity index (χ2n) is 6.96. The summed E-state index contributed by atoms with van der Waals surface area (Å²) < 4.78 is 3.68. The molecule has 132 valence electrons. The number of hydrogen-bond acceptors (Lipinski definition) is 4. The van der Waals surface area contributed by atoms with Gasteiger partial charge in [0.15, 0.2) is 5.82 Å². The van der Waals surface area contributed by atoms with Gasteiger partial charge in [0.25, 0.3) is 11.5 Å². The predicted molar refractivity (Wildman–Crippen MR) is 92.3 cm³/mol. The molecule has 0 bridgehead atoms. The molecule has 1 amide bonds. The smallest absolute Gasteiger partial charge is 0.254 e. The third-order valence-corrected chi connectivity index (χ3v) is 5.30. The van der Waals surface area contributed by atoms with Crippen molar-refractivity contribution in [2.45, 2.75) is 51.1 Å². The molecule has 0 unspecified atom stereocenters. The fourth-order valence-corrected chi connectivity index (χ4v) is 3.88. The molecule has 4 rings (SSSR count). The fraction of sp³-hybridized carbons (Fsp3) is 0.556. The number of carbonyl (C=O) groups is 1. The number of fused-ring (bicyclic) bond motifs is 1. The summed E-state index contributed by atoms with van der Waals surface area (Å²) in [4.78, 5) is 26.7. The van der Waals surface area contributed by atoms with Crippen LogP contribution >= 0.6 is 0 Å². The minimum absolute atomic E-state index is 0.0455. The summed E-state index contributed by atoms with van der Waals surface area (Å²) in [5.41, 5.74) is 0.281. The summed E-state index contributed by atoms with van der Waals surface area (Å²) in [7, 11) is 1.68. The maximum Gasteiger partial charge on any atom is 0.254 e. The Labute approximate surface area is 146 Å². The van der Waals surface area contributed by atoms with Gasteiger partial charge in [0, 0.05) is 44.4 Å². The molecule has 2 aliphatic rings. The Hall–Kier alpha value is -2.44. The Bertz CT molecular complexity index is 853. The Morgan fingerprint density at radius 2 is 2.04 bits per heavy atom. The zero-order valence-corrected chi connectivity index (χ0v) is 14.5. The highest BCUT2D eigenvalue weighted by Gasteiger charge is 2.35. The van der Waals surface area contributed by atoms with Gasteiger partial charge in [0.2, 0.25) is 0 Å². The van der Waals surface area contributed by atoms with Gasteiger partial charge in [-0.25, -0.2) is 0 Å². The summed E-state index contributed by atoms with van der Waals surface area (Å²) in [6.07, 6.45) is 7.94. The summed E-state index contributed by atoms with van der Waals surface area (Å²) in [5.74, 6) is 1.86. The SMILES string of the molecule is Cn1ccc(C(=O)N2CCC[C@@H]2c2nnc3n2CCCCC3)cc1=O. The van der Waals surface area contributed by atoms with Crippen molar-refractivity contribution in [2.24, 2.45) is 7.05 Å². The lowest BCUT2D eigenvalue weighted by Gasteiger charge is -2.24. The number of likely N-dealkylation sites (tertiary alicyclic amines) is 1. The van der Waals surface area contributed by atoms with Gasteiger partial charge in [-0.15, -0.1) is 10.2 Å². The molecule has 1 saturated heterocycles. The summed E-state index contributed by atoms with van der Waals surface area (Å²) in [5, 5.41) is 8.81. The van der Waals surface area contributed by atoms with Crippen LogP contribution in [0.4, 0.5) is 0 Å². The average molecular weight is 341 g/mol. The van der Waals surface area contributed by atoms with E-state index in [1.807, 2.05) is 4.90 Å². The quantitative estimate of drug-likeness (QED) is 0.833. The number of hydrogen-bond donors (Lipinski definition) is 0. The van der Waals surface area contributed by atoms with Gasteiger partial charge in [-0.1, -0.05) is 6.42 Å². The largest absolute Gasteiger partial charge is 0.328 e. The first-order valence-electron chi connectivity index (χ1n) is 9.05. The van der Waals surface area contributed by atoms with E-state index in [0.29, 0.717) is 12.1 Å². The van der Waals surface area contributed by atoms with E-state index in [2.05, 4.69) is 14.8 Å². The average Bonchev–Trinajstić information content (AvgIpc) is 3.17. The molecule has 1 atom stereocenters. The second-order valence-corrected chi connectivity index (χ2v) is 6.96. The lowest BCUT2D eigenvalue weighted by Crippen LogP contribution is -2.33. The third kappa shape index (κ3) is 2.88.